The van der Waals surface area contributed by atoms with Crippen molar-refractivity contribution in [3.63, 3.8) is 0 Å². The second-order valence-corrected chi connectivity index (χ2v) is 4.41. The van der Waals surface area contributed by atoms with Gasteiger partial charge in [0.15, 0.2) is 5.16 Å². The highest BCUT2D eigenvalue weighted by Gasteiger charge is 2.17. The van der Waals surface area contributed by atoms with Gasteiger partial charge in [0.25, 0.3) is 5.56 Å². The highest BCUT2D eigenvalue weighted by molar-refractivity contribution is 8.00. The molecule has 0 aliphatic heterocycles. The maximum Gasteiger partial charge on any atom is 0.251 e. The summed E-state index contributed by atoms with van der Waals surface area (Å²) in [6.07, 6.45) is 0.603. The molecule has 88 valence electrons. The van der Waals surface area contributed by atoms with Crippen LogP contribution in [-0.2, 0) is 4.79 Å². The molecule has 1 rings (SSSR count). The van der Waals surface area contributed by atoms with Crippen molar-refractivity contribution in [2.24, 2.45) is 5.84 Å². The van der Waals surface area contributed by atoms with E-state index in [1.54, 1.807) is 6.92 Å². The molecule has 0 fully saturated rings. The number of aromatic amines is 1. The number of nitrogens with one attached hydrogen (secondary N) is 2. The zero-order valence-electron chi connectivity index (χ0n) is 9.11. The van der Waals surface area contributed by atoms with Crippen LogP contribution in [0.15, 0.2) is 16.0 Å². The fourth-order valence-corrected chi connectivity index (χ4v) is 2.12. The van der Waals surface area contributed by atoms with Crippen molar-refractivity contribution < 1.29 is 4.79 Å². The zero-order chi connectivity index (χ0) is 12.1. The van der Waals surface area contributed by atoms with Gasteiger partial charge in [0.2, 0.25) is 5.91 Å². The molecule has 0 bridgehead atoms. The van der Waals surface area contributed by atoms with Crippen molar-refractivity contribution in [1.82, 2.24) is 15.4 Å². The van der Waals surface area contributed by atoms with E-state index in [-0.39, 0.29) is 16.7 Å². The predicted octanol–water partition coefficient (Wildman–Crippen LogP) is -0.0611. The maximum absolute atomic E-state index is 11.3. The number of H-pyrrole nitrogens is 1. The zero-order valence-corrected chi connectivity index (χ0v) is 9.93. The number of aromatic nitrogens is 2. The minimum atomic E-state index is -0.352. The molecule has 0 aliphatic carbocycles. The summed E-state index contributed by atoms with van der Waals surface area (Å²) in [7, 11) is 0. The molecule has 6 nitrogen and oxygen atoms in total. The van der Waals surface area contributed by atoms with Gasteiger partial charge in [-0.15, -0.1) is 0 Å². The number of carbonyl (C=O) groups is 1. The Morgan fingerprint density at radius 1 is 1.75 bits per heavy atom. The molecule has 0 saturated heterocycles. The van der Waals surface area contributed by atoms with E-state index >= 15 is 0 Å². The summed E-state index contributed by atoms with van der Waals surface area (Å²) in [6.45, 7) is 3.59. The molecule has 4 N–H and O–H groups in total. The summed E-state index contributed by atoms with van der Waals surface area (Å²) in [5, 5.41) is 0.0791. The Hall–Kier alpha value is -1.34. The molecule has 16 heavy (non-hydrogen) atoms. The third kappa shape index (κ3) is 3.35. The van der Waals surface area contributed by atoms with Gasteiger partial charge in [-0.25, -0.2) is 10.8 Å². The third-order valence-electron chi connectivity index (χ3n) is 1.91. The largest absolute Gasteiger partial charge is 0.301 e. The monoisotopic (exact) mass is 242 g/mol. The Morgan fingerprint density at radius 3 is 2.94 bits per heavy atom. The van der Waals surface area contributed by atoms with Crippen LogP contribution in [0.4, 0.5) is 0 Å². The molecule has 1 aromatic rings. The SMILES string of the molecule is CCC(Sc1nc(C)cc(=O)[nH]1)C(=O)NN. The van der Waals surface area contributed by atoms with Crippen LogP contribution in [0.2, 0.25) is 0 Å². The van der Waals surface area contributed by atoms with Gasteiger partial charge in [0.05, 0.1) is 5.25 Å². The van der Waals surface area contributed by atoms with Crippen LogP contribution in [0.3, 0.4) is 0 Å². The van der Waals surface area contributed by atoms with E-state index in [2.05, 4.69) is 15.4 Å². The van der Waals surface area contributed by atoms with Crippen LogP contribution in [0.5, 0.6) is 0 Å². The number of aryl methyl sites for hydroxylation is 1. The molecular weight excluding hydrogens is 228 g/mol. The minimum absolute atomic E-state index is 0.224. The van der Waals surface area contributed by atoms with Crippen molar-refractivity contribution >= 4 is 17.7 Å². The molecule has 0 aliphatic rings. The Morgan fingerprint density at radius 2 is 2.44 bits per heavy atom. The van der Waals surface area contributed by atoms with E-state index in [4.69, 9.17) is 5.84 Å². The van der Waals surface area contributed by atoms with Gasteiger partial charge in [-0.05, 0) is 13.3 Å². The van der Waals surface area contributed by atoms with E-state index in [1.165, 1.54) is 17.8 Å². The van der Waals surface area contributed by atoms with E-state index in [9.17, 15) is 9.59 Å². The number of rotatable bonds is 4. The van der Waals surface area contributed by atoms with Crippen LogP contribution in [-0.4, -0.2) is 21.1 Å². The van der Waals surface area contributed by atoms with Gasteiger partial charge < -0.3 is 4.98 Å². The van der Waals surface area contributed by atoms with Crippen molar-refractivity contribution in [3.8, 4) is 0 Å². The fraction of sp³-hybridized carbons (Fsp3) is 0.444. The average Bonchev–Trinajstić information content (AvgIpc) is 2.23. The van der Waals surface area contributed by atoms with Crippen LogP contribution in [0, 0.1) is 6.92 Å². The number of nitrogens with two attached hydrogens (primary N) is 1. The number of hydrogen-bond acceptors (Lipinski definition) is 5. The molecule has 1 atom stereocenters. The summed E-state index contributed by atoms with van der Waals surface area (Å²) in [5.41, 5.74) is 2.48. The van der Waals surface area contributed by atoms with E-state index in [0.29, 0.717) is 17.3 Å². The lowest BCUT2D eigenvalue weighted by Gasteiger charge is -2.11. The van der Waals surface area contributed by atoms with Crippen LogP contribution in [0.1, 0.15) is 19.0 Å². The normalized spacial score (nSPS) is 12.2. The Balaban J connectivity index is 2.85. The maximum atomic E-state index is 11.3. The topological polar surface area (TPSA) is 101 Å². The molecule has 1 unspecified atom stereocenters. The molecule has 0 saturated carbocycles. The van der Waals surface area contributed by atoms with Crippen LogP contribution in [0.25, 0.3) is 0 Å². The highest BCUT2D eigenvalue weighted by Crippen LogP contribution is 2.20. The molecule has 1 amide bonds. The first kappa shape index (κ1) is 12.7. The summed E-state index contributed by atoms with van der Waals surface area (Å²) in [5.74, 6) is 4.78. The lowest BCUT2D eigenvalue weighted by Crippen LogP contribution is -2.37. The Labute approximate surface area is 97.0 Å². The minimum Gasteiger partial charge on any atom is -0.301 e. The molecule has 7 heteroatoms. The van der Waals surface area contributed by atoms with Crippen LogP contribution < -0.4 is 16.8 Å². The number of nitrogens with zero attached hydrogens (tertiary/aromatic N) is 1. The van der Waals surface area contributed by atoms with Crippen molar-refractivity contribution in [2.45, 2.75) is 30.7 Å². The lowest BCUT2D eigenvalue weighted by molar-refractivity contribution is -0.120. The first-order valence-corrected chi connectivity index (χ1v) is 5.69. The number of hydrazine groups is 1. The van der Waals surface area contributed by atoms with Gasteiger partial charge in [-0.1, -0.05) is 18.7 Å². The molecule has 0 spiro atoms. The number of hydrogen-bond donors (Lipinski definition) is 3. The standard InChI is InChI=1S/C9H14N4O2S/c1-3-6(8(15)13-10)16-9-11-5(2)4-7(14)12-9/h4,6H,3,10H2,1-2H3,(H,13,15)(H,11,12,14). The first-order chi connectivity index (χ1) is 7.56. The van der Waals surface area contributed by atoms with E-state index in [0.717, 1.165) is 0 Å². The van der Waals surface area contributed by atoms with Gasteiger partial charge in [0.1, 0.15) is 0 Å². The molecule has 1 heterocycles. The summed E-state index contributed by atoms with van der Waals surface area (Å²) in [6, 6.07) is 1.40. The molecule has 0 radical (unpaired) electrons. The van der Waals surface area contributed by atoms with Crippen LogP contribution >= 0.6 is 11.8 Å². The Kier molecular flexibility index (Phi) is 4.51. The van der Waals surface area contributed by atoms with Crippen molar-refractivity contribution in [2.75, 3.05) is 0 Å². The summed E-state index contributed by atoms with van der Waals surface area (Å²) >= 11 is 1.19. The first-order valence-electron chi connectivity index (χ1n) is 4.82. The second-order valence-electron chi connectivity index (χ2n) is 3.22. The number of carbonyl (C=O) groups excluding carboxylic acids is 1. The van der Waals surface area contributed by atoms with Crippen molar-refractivity contribution in [1.29, 1.82) is 0 Å². The van der Waals surface area contributed by atoms with Gasteiger partial charge in [-0.2, -0.15) is 0 Å². The van der Waals surface area contributed by atoms with Gasteiger partial charge in [0, 0.05) is 11.8 Å². The average molecular weight is 242 g/mol. The fourth-order valence-electron chi connectivity index (χ4n) is 1.16. The summed E-state index contributed by atoms with van der Waals surface area (Å²) in [4.78, 5) is 29.2. The van der Waals surface area contributed by atoms with Gasteiger partial charge >= 0.3 is 0 Å². The number of amides is 1. The van der Waals surface area contributed by atoms with E-state index < -0.39 is 0 Å². The van der Waals surface area contributed by atoms with Crippen molar-refractivity contribution in [3.05, 3.63) is 22.1 Å². The Bertz CT molecular complexity index is 432. The highest BCUT2D eigenvalue weighted by atomic mass is 32.2. The number of thioether (sulfide) groups is 1. The quantitative estimate of drug-likeness (QED) is 0.226. The smallest absolute Gasteiger partial charge is 0.251 e. The summed E-state index contributed by atoms with van der Waals surface area (Å²) < 4.78 is 0. The molecule has 1 aromatic heterocycles. The second kappa shape index (κ2) is 5.66. The predicted molar refractivity (Wildman–Crippen MR) is 61.9 cm³/mol. The van der Waals surface area contributed by atoms with E-state index in [1.807, 2.05) is 6.92 Å². The lowest BCUT2D eigenvalue weighted by atomic mass is 10.3. The van der Waals surface area contributed by atoms with Gasteiger partial charge in [-0.3, -0.25) is 15.0 Å². The molecule has 0 aromatic carbocycles. The molecular formula is C9H14N4O2S. The third-order valence-corrected chi connectivity index (χ3v) is 3.16.